The Balaban J connectivity index is 2.82. The second kappa shape index (κ2) is 2.60. The third kappa shape index (κ3) is 1.32. The summed E-state index contributed by atoms with van der Waals surface area (Å²) in [6, 6.07) is 0. The zero-order valence-electron chi connectivity index (χ0n) is 7.51. The minimum Gasteiger partial charge on any atom is -0.329 e. The first kappa shape index (κ1) is 8.74. The largest absolute Gasteiger partial charge is 0.329 e. The Morgan fingerprint density at radius 2 is 2.09 bits per heavy atom. The molecule has 1 N–H and O–H groups in total. The maximum atomic E-state index is 5.20. The van der Waals surface area contributed by atoms with Gasteiger partial charge in [-0.15, -0.1) is 0 Å². The molecule has 0 aromatic heterocycles. The molecule has 1 heterocycles. The van der Waals surface area contributed by atoms with Crippen molar-refractivity contribution in [1.29, 1.82) is 0 Å². The van der Waals surface area contributed by atoms with E-state index in [4.69, 9.17) is 12.2 Å². The Morgan fingerprint density at radius 3 is 2.27 bits per heavy atom. The number of rotatable bonds is 1. The first-order valence-corrected chi connectivity index (χ1v) is 4.23. The van der Waals surface area contributed by atoms with E-state index in [2.05, 4.69) is 31.1 Å². The van der Waals surface area contributed by atoms with E-state index in [1.165, 1.54) is 0 Å². The molecule has 0 amide bonds. The van der Waals surface area contributed by atoms with Gasteiger partial charge in [0.05, 0.1) is 0 Å². The van der Waals surface area contributed by atoms with E-state index in [0.29, 0.717) is 0 Å². The molecule has 64 valence electrons. The van der Waals surface area contributed by atoms with Crippen molar-refractivity contribution in [2.45, 2.75) is 26.4 Å². The van der Waals surface area contributed by atoms with Gasteiger partial charge in [0.15, 0.2) is 5.11 Å². The highest BCUT2D eigenvalue weighted by Crippen LogP contribution is 2.19. The summed E-state index contributed by atoms with van der Waals surface area (Å²) < 4.78 is 0. The molecule has 0 aromatic rings. The van der Waals surface area contributed by atoms with E-state index in [0.717, 1.165) is 11.7 Å². The summed E-state index contributed by atoms with van der Waals surface area (Å²) in [5.74, 6) is 0. The van der Waals surface area contributed by atoms with Gasteiger partial charge in [-0.1, -0.05) is 0 Å². The van der Waals surface area contributed by atoms with Crippen LogP contribution in [0.3, 0.4) is 0 Å². The second-order valence-electron chi connectivity index (χ2n) is 3.26. The maximum Gasteiger partial charge on any atom is 0.187 e. The molecule has 1 aliphatic rings. The molecule has 4 heteroatoms. The van der Waals surface area contributed by atoms with Gasteiger partial charge in [-0.05, 0) is 33.0 Å². The van der Waals surface area contributed by atoms with Gasteiger partial charge in [-0.2, -0.15) is 0 Å². The zero-order valence-corrected chi connectivity index (χ0v) is 8.33. The number of nitrogens with one attached hydrogen (secondary N) is 1. The predicted molar refractivity (Wildman–Crippen MR) is 50.0 cm³/mol. The fraction of sp³-hybridized carbons (Fsp3) is 0.857. The molecular formula is C7H15N3S. The van der Waals surface area contributed by atoms with E-state index in [-0.39, 0.29) is 5.66 Å². The summed E-state index contributed by atoms with van der Waals surface area (Å²) in [5.41, 5.74) is 3.23. The lowest BCUT2D eigenvalue weighted by atomic mass is 10.2. The van der Waals surface area contributed by atoms with Gasteiger partial charge >= 0.3 is 0 Å². The van der Waals surface area contributed by atoms with Gasteiger partial charge in [-0.3, -0.25) is 5.01 Å². The fourth-order valence-corrected chi connectivity index (χ4v) is 1.87. The Kier molecular flexibility index (Phi) is 2.07. The minimum absolute atomic E-state index is 0.0272. The second-order valence-corrected chi connectivity index (χ2v) is 3.62. The fourth-order valence-electron chi connectivity index (χ4n) is 1.47. The average Bonchev–Trinajstić information content (AvgIpc) is 2.03. The molecule has 0 bridgehead atoms. The van der Waals surface area contributed by atoms with Gasteiger partial charge in [0.1, 0.15) is 5.66 Å². The molecule has 0 radical (unpaired) electrons. The molecule has 1 saturated heterocycles. The van der Waals surface area contributed by atoms with Crippen LogP contribution < -0.4 is 5.43 Å². The van der Waals surface area contributed by atoms with Gasteiger partial charge in [0, 0.05) is 13.6 Å². The SMILES string of the molecule is CCN1C(=S)N(C)NC1(C)C. The molecule has 1 rings (SSSR count). The van der Waals surface area contributed by atoms with Crippen LogP contribution in [-0.4, -0.2) is 34.3 Å². The van der Waals surface area contributed by atoms with Crippen molar-refractivity contribution >= 4 is 17.3 Å². The van der Waals surface area contributed by atoms with Crippen molar-refractivity contribution in [1.82, 2.24) is 15.3 Å². The zero-order chi connectivity index (χ0) is 8.65. The van der Waals surface area contributed by atoms with Crippen molar-refractivity contribution in [3.05, 3.63) is 0 Å². The first-order chi connectivity index (χ1) is 4.99. The Labute approximate surface area is 73.3 Å². The molecule has 0 spiro atoms. The predicted octanol–water partition coefficient (Wildman–Crippen LogP) is 0.779. The number of thiocarbonyl (C=S) groups is 1. The van der Waals surface area contributed by atoms with Crippen LogP contribution in [0.1, 0.15) is 20.8 Å². The highest BCUT2D eigenvalue weighted by atomic mass is 32.1. The van der Waals surface area contributed by atoms with Crippen LogP contribution in [0.25, 0.3) is 0 Å². The quantitative estimate of drug-likeness (QED) is 0.590. The van der Waals surface area contributed by atoms with Gasteiger partial charge in [-0.25, -0.2) is 5.43 Å². The van der Waals surface area contributed by atoms with Crippen molar-refractivity contribution in [3.8, 4) is 0 Å². The van der Waals surface area contributed by atoms with Crippen LogP contribution in [0.4, 0.5) is 0 Å². The lowest BCUT2D eigenvalue weighted by Crippen LogP contribution is -2.47. The van der Waals surface area contributed by atoms with Crippen molar-refractivity contribution in [2.75, 3.05) is 13.6 Å². The van der Waals surface area contributed by atoms with Gasteiger partial charge < -0.3 is 4.90 Å². The molecule has 0 aliphatic carbocycles. The van der Waals surface area contributed by atoms with E-state index in [1.54, 1.807) is 0 Å². The first-order valence-electron chi connectivity index (χ1n) is 3.82. The molecule has 0 unspecified atom stereocenters. The Morgan fingerprint density at radius 1 is 1.55 bits per heavy atom. The molecule has 0 atom stereocenters. The topological polar surface area (TPSA) is 18.5 Å². The lowest BCUT2D eigenvalue weighted by Gasteiger charge is -2.29. The molecule has 1 fully saturated rings. The summed E-state index contributed by atoms with van der Waals surface area (Å²) in [5, 5.41) is 2.76. The summed E-state index contributed by atoms with van der Waals surface area (Å²) in [6.45, 7) is 7.29. The average molecular weight is 173 g/mol. The highest BCUT2D eigenvalue weighted by Gasteiger charge is 2.36. The van der Waals surface area contributed by atoms with E-state index >= 15 is 0 Å². The summed E-state index contributed by atoms with van der Waals surface area (Å²) >= 11 is 5.20. The van der Waals surface area contributed by atoms with Crippen LogP contribution in [0.2, 0.25) is 0 Å². The number of hydrogen-bond acceptors (Lipinski definition) is 2. The van der Waals surface area contributed by atoms with Crippen LogP contribution >= 0.6 is 12.2 Å². The van der Waals surface area contributed by atoms with Crippen LogP contribution in [0.5, 0.6) is 0 Å². The lowest BCUT2D eigenvalue weighted by molar-refractivity contribution is 0.184. The number of nitrogens with zero attached hydrogens (tertiary/aromatic N) is 2. The molecule has 0 aromatic carbocycles. The van der Waals surface area contributed by atoms with Crippen LogP contribution in [0, 0.1) is 0 Å². The van der Waals surface area contributed by atoms with E-state index in [9.17, 15) is 0 Å². The van der Waals surface area contributed by atoms with Gasteiger partial charge in [0.25, 0.3) is 0 Å². The molecule has 0 saturated carbocycles. The van der Waals surface area contributed by atoms with Crippen LogP contribution in [-0.2, 0) is 0 Å². The van der Waals surface area contributed by atoms with Gasteiger partial charge in [0.2, 0.25) is 0 Å². The third-order valence-electron chi connectivity index (χ3n) is 1.95. The molecular weight excluding hydrogens is 158 g/mol. The maximum absolute atomic E-state index is 5.20. The third-order valence-corrected chi connectivity index (χ3v) is 2.44. The summed E-state index contributed by atoms with van der Waals surface area (Å²) in [6.07, 6.45) is 0. The Hall–Kier alpha value is -0.350. The summed E-state index contributed by atoms with van der Waals surface area (Å²) in [4.78, 5) is 2.16. The van der Waals surface area contributed by atoms with E-state index < -0.39 is 0 Å². The normalized spacial score (nSPS) is 23.1. The highest BCUT2D eigenvalue weighted by molar-refractivity contribution is 7.80. The minimum atomic E-state index is -0.0272. The number of hydrogen-bond donors (Lipinski definition) is 1. The molecule has 11 heavy (non-hydrogen) atoms. The Bertz CT molecular complexity index is 179. The smallest absolute Gasteiger partial charge is 0.187 e. The van der Waals surface area contributed by atoms with Crippen molar-refractivity contribution in [3.63, 3.8) is 0 Å². The monoisotopic (exact) mass is 173 g/mol. The standard InChI is InChI=1S/C7H15N3S/c1-5-10-6(11)9(4)8-7(10,2)3/h8H,5H2,1-4H3. The molecule has 3 nitrogen and oxygen atoms in total. The van der Waals surface area contributed by atoms with Crippen molar-refractivity contribution in [2.24, 2.45) is 0 Å². The van der Waals surface area contributed by atoms with Crippen molar-refractivity contribution < 1.29 is 0 Å². The van der Waals surface area contributed by atoms with E-state index in [1.807, 2.05) is 12.1 Å². The molecule has 1 aliphatic heterocycles. The number of hydrazine groups is 1. The summed E-state index contributed by atoms with van der Waals surface area (Å²) in [7, 11) is 1.94. The van der Waals surface area contributed by atoms with Crippen LogP contribution in [0.15, 0.2) is 0 Å².